The van der Waals surface area contributed by atoms with Gasteiger partial charge in [-0.25, -0.2) is 0 Å². The van der Waals surface area contributed by atoms with E-state index in [2.05, 4.69) is 36.3 Å². The van der Waals surface area contributed by atoms with Crippen molar-refractivity contribution in [2.45, 2.75) is 49.7 Å². The van der Waals surface area contributed by atoms with Crippen LogP contribution in [0.25, 0.3) is 10.6 Å². The van der Waals surface area contributed by atoms with Gasteiger partial charge >= 0.3 is 23.8 Å². The van der Waals surface area contributed by atoms with Crippen molar-refractivity contribution in [1.82, 2.24) is 9.80 Å². The second-order valence-electron chi connectivity index (χ2n) is 8.00. The number of rotatable bonds is 13. The first-order chi connectivity index (χ1) is 11.4. The van der Waals surface area contributed by atoms with Crippen molar-refractivity contribution in [2.75, 3.05) is 60.4 Å². The van der Waals surface area contributed by atoms with Gasteiger partial charge in [0.1, 0.15) is 0 Å². The molecule has 1 atom stereocenters. The maximum absolute atomic E-state index is 8.22. The summed E-state index contributed by atoms with van der Waals surface area (Å²) in [5.74, 6) is 0. The van der Waals surface area contributed by atoms with Crippen LogP contribution in [-0.2, 0) is 47.6 Å². The van der Waals surface area contributed by atoms with Gasteiger partial charge < -0.3 is 45.7 Å². The predicted octanol–water partition coefficient (Wildman–Crippen LogP) is 2.63. The monoisotopic (exact) mass is 476 g/mol. The topological polar surface area (TPSA) is 51.8 Å². The molecule has 0 aromatic heterocycles. The Labute approximate surface area is 179 Å². The molecule has 0 rings (SSSR count). The molecule has 0 N–H and O–H groups in total. The average molecular weight is 477 g/mol. The Bertz CT molecular complexity index is 329. The molecule has 1 unspecified atom stereocenters. The number of hydrogen-bond acceptors (Lipinski definition) is 5. The summed E-state index contributed by atoms with van der Waals surface area (Å²) in [6.07, 6.45) is 1.17. The summed E-state index contributed by atoms with van der Waals surface area (Å²) >= 11 is 11.7. The van der Waals surface area contributed by atoms with Crippen molar-refractivity contribution in [3.8, 4) is 0 Å². The van der Waals surface area contributed by atoms with Crippen LogP contribution in [-0.4, -0.2) is 85.7 Å². The zero-order valence-corrected chi connectivity index (χ0v) is 20.4. The number of hydrogen-bond donors (Lipinski definition) is 0. The van der Waals surface area contributed by atoms with E-state index in [9.17, 15) is 0 Å². The molecule has 25 heavy (non-hydrogen) atoms. The Morgan fingerprint density at radius 2 is 1.52 bits per heavy atom. The summed E-state index contributed by atoms with van der Waals surface area (Å²) < 4.78 is 7.87. The molecule has 5 nitrogen and oxygen atoms in total. The van der Waals surface area contributed by atoms with Crippen LogP contribution in [0.5, 0.6) is 0 Å². The van der Waals surface area contributed by atoms with E-state index in [0.717, 1.165) is 45.0 Å². The first-order valence-electron chi connectivity index (χ1n) is 8.58. The molecule has 150 valence electrons. The van der Waals surface area contributed by atoms with Crippen molar-refractivity contribution in [2.24, 2.45) is 0 Å². The molecule has 0 aliphatic heterocycles. The molecule has 8 heteroatoms. The van der Waals surface area contributed by atoms with Crippen molar-refractivity contribution < 1.29 is 23.8 Å². The SMILES string of the molecule is CN(C)CCCN(C)CC(C[N-]CC(C)(C)[S-])[N-]CC(C)(C)[S-].[H+].[O]=[99Tc+3]. The Hall–Kier alpha value is 0.989. The molecule has 0 aromatic rings. The van der Waals surface area contributed by atoms with E-state index in [1.165, 1.54) is 6.42 Å². The second kappa shape index (κ2) is 15.0. The van der Waals surface area contributed by atoms with Gasteiger partial charge in [0.2, 0.25) is 0 Å². The van der Waals surface area contributed by atoms with Crippen LogP contribution in [0.1, 0.15) is 35.5 Å². The van der Waals surface area contributed by atoms with Crippen LogP contribution in [0.4, 0.5) is 0 Å². The number of nitrogens with zero attached hydrogens (tertiary/aromatic N) is 4. The van der Waals surface area contributed by atoms with E-state index in [1.54, 1.807) is 0 Å². The van der Waals surface area contributed by atoms with Gasteiger partial charge in [-0.15, -0.1) is 6.04 Å². The van der Waals surface area contributed by atoms with Crippen molar-refractivity contribution in [3.05, 3.63) is 10.6 Å². The van der Waals surface area contributed by atoms with Gasteiger partial charge in [0, 0.05) is 0 Å². The molecule has 0 saturated heterocycles. The molecule has 0 bridgehead atoms. The van der Waals surface area contributed by atoms with Crippen LogP contribution in [0.2, 0.25) is 0 Å². The van der Waals surface area contributed by atoms with Gasteiger partial charge in [0.25, 0.3) is 0 Å². The molecular formula is C17H37N4OS2Tc. The second-order valence-corrected chi connectivity index (χ2v) is 10.2. The third-order valence-electron chi connectivity index (χ3n) is 3.23. The molecule has 0 heterocycles. The van der Waals surface area contributed by atoms with Crippen LogP contribution in [0.3, 0.4) is 0 Å². The first kappa shape index (κ1) is 28.2. The van der Waals surface area contributed by atoms with E-state index in [4.69, 9.17) is 34.1 Å². The third kappa shape index (κ3) is 22.9. The van der Waals surface area contributed by atoms with E-state index < -0.39 is 0 Å². The normalized spacial score (nSPS) is 13.7. The molecule has 0 radical (unpaired) electrons. The Kier molecular flexibility index (Phi) is 16.9. The Morgan fingerprint density at radius 1 is 1.00 bits per heavy atom. The van der Waals surface area contributed by atoms with Gasteiger partial charge in [-0.2, -0.15) is 29.1 Å². The summed E-state index contributed by atoms with van der Waals surface area (Å²) in [6.45, 7) is 13.4. The Balaban J connectivity index is -0.00000170. The van der Waals surface area contributed by atoms with Crippen molar-refractivity contribution in [1.29, 1.82) is 0 Å². The Morgan fingerprint density at radius 3 is 1.96 bits per heavy atom. The molecular weight excluding hydrogens is 439 g/mol. The molecule has 0 aliphatic rings. The summed E-state index contributed by atoms with van der Waals surface area (Å²) in [5, 5.41) is 9.45. The van der Waals surface area contributed by atoms with E-state index in [-0.39, 0.29) is 17.0 Å². The summed E-state index contributed by atoms with van der Waals surface area (Å²) in [6, 6.07) is 0.207. The van der Waals surface area contributed by atoms with Gasteiger partial charge in [0.15, 0.2) is 0 Å². The van der Waals surface area contributed by atoms with Gasteiger partial charge in [-0.05, 0) is 47.2 Å². The van der Waals surface area contributed by atoms with E-state index in [1.807, 2.05) is 27.7 Å². The summed E-state index contributed by atoms with van der Waals surface area (Å²) in [5.41, 5.74) is 0. The zero-order chi connectivity index (χ0) is 20.1. The minimum absolute atomic E-state index is 0. The summed E-state index contributed by atoms with van der Waals surface area (Å²) in [4.78, 5) is 4.57. The fourth-order valence-electron chi connectivity index (χ4n) is 2.11. The molecule has 0 aromatic carbocycles. The fraction of sp³-hybridized carbons (Fsp3) is 1.00. The number of likely N-dealkylation sites (N-methyl/N-ethyl adjacent to an activating group) is 1. The zero-order valence-electron chi connectivity index (χ0n) is 17.9. The summed E-state index contributed by atoms with van der Waals surface area (Å²) in [7, 11) is 6.38. The molecule has 0 amide bonds. The average Bonchev–Trinajstić information content (AvgIpc) is 2.44. The van der Waals surface area contributed by atoms with Crippen LogP contribution >= 0.6 is 0 Å². The fourth-order valence-corrected chi connectivity index (χ4v) is 2.28. The third-order valence-corrected chi connectivity index (χ3v) is 3.49. The minimum atomic E-state index is -0.182. The quantitative estimate of drug-likeness (QED) is 0.383. The van der Waals surface area contributed by atoms with Gasteiger partial charge in [-0.1, -0.05) is 27.7 Å². The standard InChI is InChI=1S/C17H38N4S2.O.Tc/c1-16(2,22)13-18-11-15(19-14-17(3,4)23)12-21(7)10-8-9-20(5)6;;/h15,22-23H,8-14H2,1-7H3;;/q-2;;+3/p-1/i;;1+1. The molecule has 0 spiro atoms. The first-order valence-corrected chi connectivity index (χ1v) is 10.2. The van der Waals surface area contributed by atoms with Gasteiger partial charge in [0.05, 0.1) is 0 Å². The van der Waals surface area contributed by atoms with Crippen molar-refractivity contribution in [3.63, 3.8) is 0 Å². The molecule has 0 fully saturated rings. The molecule has 0 aliphatic carbocycles. The van der Waals surface area contributed by atoms with E-state index in [0.29, 0.717) is 13.1 Å². The van der Waals surface area contributed by atoms with E-state index >= 15 is 0 Å². The molecule has 0 saturated carbocycles. The maximum atomic E-state index is 8.22. The van der Waals surface area contributed by atoms with Crippen LogP contribution < -0.4 is 0 Å². The van der Waals surface area contributed by atoms with Crippen LogP contribution in [0, 0.1) is 0 Å². The van der Waals surface area contributed by atoms with Crippen molar-refractivity contribution >= 4 is 25.3 Å². The van der Waals surface area contributed by atoms with Crippen LogP contribution in [0.15, 0.2) is 0 Å². The predicted molar refractivity (Wildman–Crippen MR) is 110 cm³/mol. The van der Waals surface area contributed by atoms with Gasteiger partial charge in [-0.3, -0.25) is 0 Å².